The minimum absolute atomic E-state index is 0.811. The van der Waals surface area contributed by atoms with Crippen molar-refractivity contribution in [1.82, 2.24) is 0 Å². The van der Waals surface area contributed by atoms with Crippen LogP contribution in [0, 0.1) is 0 Å². The van der Waals surface area contributed by atoms with Gasteiger partial charge in [0.25, 0.3) is 0 Å². The molecule has 0 saturated heterocycles. The minimum atomic E-state index is 0.811. The Balaban J connectivity index is 1.64. The maximum atomic E-state index is 6.05. The molecular formula is C22H18O3. The molecule has 0 fully saturated rings. The first-order chi connectivity index (χ1) is 12.2. The summed E-state index contributed by atoms with van der Waals surface area (Å²) >= 11 is 0. The fourth-order valence-corrected chi connectivity index (χ4v) is 2.92. The van der Waals surface area contributed by atoms with Crippen LogP contribution in [0.25, 0.3) is 21.5 Å². The standard InChI is InChI=1S/C22H18O3/c1-23-19-7-3-17-13-21(9-5-15(17)11-19)25-22-10-6-16-12-20(24-2)8-4-18(16)14-22/h3-14H,1-2H3. The second-order valence-corrected chi connectivity index (χ2v) is 5.85. The first-order valence-electron chi connectivity index (χ1n) is 8.09. The monoisotopic (exact) mass is 330 g/mol. The van der Waals surface area contributed by atoms with Crippen molar-refractivity contribution < 1.29 is 14.2 Å². The molecule has 0 aliphatic carbocycles. The fraction of sp³-hybridized carbons (Fsp3) is 0.0909. The molecule has 4 rings (SSSR count). The predicted molar refractivity (Wildman–Crippen MR) is 101 cm³/mol. The number of hydrogen-bond donors (Lipinski definition) is 0. The summed E-state index contributed by atoms with van der Waals surface area (Å²) in [6.07, 6.45) is 0. The number of methoxy groups -OCH3 is 2. The highest BCUT2D eigenvalue weighted by Gasteiger charge is 2.03. The van der Waals surface area contributed by atoms with Crippen molar-refractivity contribution in [1.29, 1.82) is 0 Å². The van der Waals surface area contributed by atoms with Gasteiger partial charge in [0.2, 0.25) is 0 Å². The highest BCUT2D eigenvalue weighted by atomic mass is 16.5. The van der Waals surface area contributed by atoms with E-state index in [0.29, 0.717) is 0 Å². The van der Waals surface area contributed by atoms with E-state index in [1.807, 2.05) is 72.8 Å². The van der Waals surface area contributed by atoms with Crippen molar-refractivity contribution in [2.45, 2.75) is 0 Å². The van der Waals surface area contributed by atoms with Gasteiger partial charge in [-0.3, -0.25) is 0 Å². The van der Waals surface area contributed by atoms with Gasteiger partial charge in [0.05, 0.1) is 14.2 Å². The Labute approximate surface area is 146 Å². The highest BCUT2D eigenvalue weighted by molar-refractivity contribution is 5.86. The Bertz CT molecular complexity index is 968. The molecule has 4 aromatic carbocycles. The van der Waals surface area contributed by atoms with E-state index in [2.05, 4.69) is 0 Å². The first kappa shape index (κ1) is 15.3. The molecule has 3 heteroatoms. The van der Waals surface area contributed by atoms with Crippen LogP contribution in [0.4, 0.5) is 0 Å². The number of fused-ring (bicyclic) bond motifs is 2. The molecule has 0 spiro atoms. The zero-order valence-electron chi connectivity index (χ0n) is 14.2. The van der Waals surface area contributed by atoms with Crippen LogP contribution in [0.5, 0.6) is 23.0 Å². The topological polar surface area (TPSA) is 27.7 Å². The summed E-state index contributed by atoms with van der Waals surface area (Å²) in [5.41, 5.74) is 0. The summed E-state index contributed by atoms with van der Waals surface area (Å²) in [7, 11) is 3.35. The van der Waals surface area contributed by atoms with Gasteiger partial charge in [-0.25, -0.2) is 0 Å². The highest BCUT2D eigenvalue weighted by Crippen LogP contribution is 2.30. The van der Waals surface area contributed by atoms with Gasteiger partial charge in [-0.15, -0.1) is 0 Å². The maximum absolute atomic E-state index is 6.05. The second-order valence-electron chi connectivity index (χ2n) is 5.85. The second kappa shape index (κ2) is 6.36. The van der Waals surface area contributed by atoms with Crippen molar-refractivity contribution in [3.63, 3.8) is 0 Å². The van der Waals surface area contributed by atoms with Crippen LogP contribution >= 0.6 is 0 Å². The molecule has 0 aliphatic rings. The zero-order valence-corrected chi connectivity index (χ0v) is 14.2. The van der Waals surface area contributed by atoms with Gasteiger partial charge in [0.1, 0.15) is 23.0 Å². The SMILES string of the molecule is COc1ccc2cc(Oc3ccc4cc(OC)ccc4c3)ccc2c1. The lowest BCUT2D eigenvalue weighted by Crippen LogP contribution is -1.87. The summed E-state index contributed by atoms with van der Waals surface area (Å²) in [6, 6.07) is 24.1. The van der Waals surface area contributed by atoms with E-state index in [1.54, 1.807) is 14.2 Å². The van der Waals surface area contributed by atoms with Crippen LogP contribution < -0.4 is 14.2 Å². The van der Waals surface area contributed by atoms with Gasteiger partial charge in [0, 0.05) is 0 Å². The Morgan fingerprint density at radius 1 is 0.440 bits per heavy atom. The minimum Gasteiger partial charge on any atom is -0.497 e. The average Bonchev–Trinajstić information content (AvgIpc) is 2.67. The van der Waals surface area contributed by atoms with Crippen LogP contribution in [0.2, 0.25) is 0 Å². The molecule has 0 aromatic heterocycles. The summed E-state index contributed by atoms with van der Waals surface area (Å²) < 4.78 is 16.6. The third-order valence-electron chi connectivity index (χ3n) is 4.27. The van der Waals surface area contributed by atoms with E-state index in [4.69, 9.17) is 14.2 Å². The molecule has 0 aliphatic heterocycles. The Hall–Kier alpha value is -3.20. The molecule has 0 bridgehead atoms. The molecule has 25 heavy (non-hydrogen) atoms. The summed E-state index contributed by atoms with van der Waals surface area (Å²) in [5.74, 6) is 3.33. The Morgan fingerprint density at radius 3 is 1.12 bits per heavy atom. The van der Waals surface area contributed by atoms with Crippen molar-refractivity contribution in [2.75, 3.05) is 14.2 Å². The lowest BCUT2D eigenvalue weighted by Gasteiger charge is -2.09. The van der Waals surface area contributed by atoms with E-state index in [-0.39, 0.29) is 0 Å². The molecule has 0 atom stereocenters. The van der Waals surface area contributed by atoms with E-state index >= 15 is 0 Å². The molecule has 0 unspecified atom stereocenters. The lowest BCUT2D eigenvalue weighted by atomic mass is 10.1. The summed E-state index contributed by atoms with van der Waals surface area (Å²) in [4.78, 5) is 0. The summed E-state index contributed by atoms with van der Waals surface area (Å²) in [5, 5.41) is 4.47. The van der Waals surface area contributed by atoms with Gasteiger partial charge >= 0.3 is 0 Å². The maximum Gasteiger partial charge on any atom is 0.128 e. The third-order valence-corrected chi connectivity index (χ3v) is 4.27. The van der Waals surface area contributed by atoms with E-state index in [1.165, 1.54) is 0 Å². The van der Waals surface area contributed by atoms with E-state index < -0.39 is 0 Å². The van der Waals surface area contributed by atoms with Gasteiger partial charge < -0.3 is 14.2 Å². The largest absolute Gasteiger partial charge is 0.497 e. The molecule has 0 heterocycles. The molecule has 0 radical (unpaired) electrons. The normalized spacial score (nSPS) is 10.8. The number of ether oxygens (including phenoxy) is 3. The quantitative estimate of drug-likeness (QED) is 0.473. The lowest BCUT2D eigenvalue weighted by molar-refractivity contribution is 0.415. The molecular weight excluding hydrogens is 312 g/mol. The molecule has 0 saturated carbocycles. The van der Waals surface area contributed by atoms with Gasteiger partial charge in [-0.05, 0) is 70.1 Å². The van der Waals surface area contributed by atoms with Gasteiger partial charge in [-0.2, -0.15) is 0 Å². The predicted octanol–water partition coefficient (Wildman–Crippen LogP) is 5.80. The first-order valence-corrected chi connectivity index (χ1v) is 8.09. The Kier molecular flexibility index (Phi) is 3.90. The van der Waals surface area contributed by atoms with Crippen molar-refractivity contribution in [3.05, 3.63) is 72.8 Å². The van der Waals surface area contributed by atoms with Crippen molar-refractivity contribution >= 4 is 21.5 Å². The molecule has 3 nitrogen and oxygen atoms in total. The molecule has 0 N–H and O–H groups in total. The Morgan fingerprint density at radius 2 is 0.760 bits per heavy atom. The average molecular weight is 330 g/mol. The van der Waals surface area contributed by atoms with Crippen molar-refractivity contribution in [2.24, 2.45) is 0 Å². The smallest absolute Gasteiger partial charge is 0.128 e. The van der Waals surface area contributed by atoms with E-state index in [0.717, 1.165) is 44.5 Å². The number of rotatable bonds is 4. The van der Waals surface area contributed by atoms with Crippen LogP contribution in [-0.2, 0) is 0 Å². The summed E-state index contributed by atoms with van der Waals surface area (Å²) in [6.45, 7) is 0. The van der Waals surface area contributed by atoms with Gasteiger partial charge in [-0.1, -0.05) is 24.3 Å². The van der Waals surface area contributed by atoms with Crippen LogP contribution in [-0.4, -0.2) is 14.2 Å². The number of benzene rings is 4. The van der Waals surface area contributed by atoms with Crippen LogP contribution in [0.3, 0.4) is 0 Å². The molecule has 0 amide bonds. The molecule has 124 valence electrons. The molecule has 4 aromatic rings. The third kappa shape index (κ3) is 3.09. The van der Waals surface area contributed by atoms with E-state index in [9.17, 15) is 0 Å². The number of hydrogen-bond acceptors (Lipinski definition) is 3. The van der Waals surface area contributed by atoms with Gasteiger partial charge in [0.15, 0.2) is 0 Å². The zero-order chi connectivity index (χ0) is 17.2. The van der Waals surface area contributed by atoms with Crippen molar-refractivity contribution in [3.8, 4) is 23.0 Å². The fourth-order valence-electron chi connectivity index (χ4n) is 2.92. The van der Waals surface area contributed by atoms with Crippen LogP contribution in [0.1, 0.15) is 0 Å². The van der Waals surface area contributed by atoms with Crippen LogP contribution in [0.15, 0.2) is 72.8 Å².